The zero-order valence-electron chi connectivity index (χ0n) is 11.2. The van der Waals surface area contributed by atoms with Gasteiger partial charge in [0.25, 0.3) is 0 Å². The topological polar surface area (TPSA) is 69.4 Å². The fourth-order valence-electron chi connectivity index (χ4n) is 1.85. The minimum Gasteiger partial charge on any atom is -0.482 e. The Labute approximate surface area is 120 Å². The number of aryl methyl sites for hydroxylation is 1. The van der Waals surface area contributed by atoms with Crippen molar-refractivity contribution in [2.75, 3.05) is 0 Å². The number of hydrogen-bond donors (Lipinski definition) is 0. The molecule has 0 N–H and O–H groups in total. The molecule has 108 valence electrons. The zero-order chi connectivity index (χ0) is 15.4. The van der Waals surface area contributed by atoms with E-state index in [9.17, 15) is 19.3 Å². The molecule has 0 amide bonds. The summed E-state index contributed by atoms with van der Waals surface area (Å²) in [4.78, 5) is 21.0. The lowest BCUT2D eigenvalue weighted by Crippen LogP contribution is -2.01. The first kappa shape index (κ1) is 14.6. The van der Waals surface area contributed by atoms with Crippen molar-refractivity contribution in [1.82, 2.24) is 0 Å². The molecule has 0 spiro atoms. The number of aldehydes is 1. The molecule has 0 aliphatic heterocycles. The first-order valence-electron chi connectivity index (χ1n) is 6.12. The molecular formula is C15H12FNO4. The number of carbonyl (C=O) groups is 1. The Morgan fingerprint density at radius 2 is 2.05 bits per heavy atom. The van der Waals surface area contributed by atoms with Crippen LogP contribution in [0, 0.1) is 22.9 Å². The molecule has 0 unspecified atom stereocenters. The van der Waals surface area contributed by atoms with Gasteiger partial charge in [-0.15, -0.1) is 0 Å². The number of nitro groups is 1. The molecule has 2 rings (SSSR count). The van der Waals surface area contributed by atoms with Gasteiger partial charge in [-0.1, -0.05) is 6.07 Å². The molecule has 0 saturated carbocycles. The minimum absolute atomic E-state index is 0.0642. The number of ether oxygens (including phenoxy) is 1. The van der Waals surface area contributed by atoms with Crippen LogP contribution in [0.1, 0.15) is 21.5 Å². The predicted molar refractivity (Wildman–Crippen MR) is 74.0 cm³/mol. The molecule has 2 aromatic carbocycles. The van der Waals surface area contributed by atoms with Crippen molar-refractivity contribution < 1.29 is 18.8 Å². The van der Waals surface area contributed by atoms with Crippen LogP contribution in [-0.4, -0.2) is 11.2 Å². The fourth-order valence-corrected chi connectivity index (χ4v) is 1.85. The molecule has 0 atom stereocenters. The van der Waals surface area contributed by atoms with Crippen LogP contribution in [0.4, 0.5) is 10.1 Å². The van der Waals surface area contributed by atoms with Crippen molar-refractivity contribution in [3.05, 3.63) is 69.0 Å². The molecule has 0 radical (unpaired) electrons. The van der Waals surface area contributed by atoms with Crippen molar-refractivity contribution >= 4 is 12.0 Å². The van der Waals surface area contributed by atoms with Crippen LogP contribution in [0.5, 0.6) is 5.75 Å². The van der Waals surface area contributed by atoms with Crippen LogP contribution >= 0.6 is 0 Å². The quantitative estimate of drug-likeness (QED) is 0.480. The average molecular weight is 289 g/mol. The van der Waals surface area contributed by atoms with Crippen molar-refractivity contribution in [2.45, 2.75) is 13.5 Å². The molecule has 0 fully saturated rings. The maximum Gasteiger partial charge on any atom is 0.311 e. The summed E-state index contributed by atoms with van der Waals surface area (Å²) >= 11 is 0. The highest BCUT2D eigenvalue weighted by molar-refractivity contribution is 5.77. The van der Waals surface area contributed by atoms with E-state index in [0.29, 0.717) is 11.8 Å². The Hall–Kier alpha value is -2.76. The third kappa shape index (κ3) is 3.42. The lowest BCUT2D eigenvalue weighted by molar-refractivity contribution is -0.386. The van der Waals surface area contributed by atoms with Crippen molar-refractivity contribution in [2.24, 2.45) is 0 Å². The lowest BCUT2D eigenvalue weighted by atomic mass is 10.1. The summed E-state index contributed by atoms with van der Waals surface area (Å²) in [7, 11) is 0. The number of hydrogen-bond acceptors (Lipinski definition) is 4. The van der Waals surface area contributed by atoms with Gasteiger partial charge in [0, 0.05) is 11.6 Å². The summed E-state index contributed by atoms with van der Waals surface area (Å²) < 4.78 is 18.4. The van der Waals surface area contributed by atoms with E-state index in [1.165, 1.54) is 24.3 Å². The zero-order valence-corrected chi connectivity index (χ0v) is 11.2. The summed E-state index contributed by atoms with van der Waals surface area (Å²) in [5, 5.41) is 11.0. The predicted octanol–water partition coefficient (Wildman–Crippen LogP) is 3.43. The van der Waals surface area contributed by atoms with Gasteiger partial charge < -0.3 is 4.74 Å². The number of nitrogens with zero attached hydrogens (tertiary/aromatic N) is 1. The van der Waals surface area contributed by atoms with E-state index in [1.807, 2.05) is 0 Å². The van der Waals surface area contributed by atoms with E-state index >= 15 is 0 Å². The second-order valence-electron chi connectivity index (χ2n) is 4.46. The number of nitro benzene ring substituents is 1. The fraction of sp³-hybridized carbons (Fsp3) is 0.133. The normalized spacial score (nSPS) is 10.2. The first-order valence-corrected chi connectivity index (χ1v) is 6.12. The maximum absolute atomic E-state index is 13.0. The van der Waals surface area contributed by atoms with Gasteiger partial charge in [0.15, 0.2) is 5.75 Å². The van der Waals surface area contributed by atoms with Gasteiger partial charge in [-0.25, -0.2) is 4.39 Å². The molecule has 6 heteroatoms. The van der Waals surface area contributed by atoms with Crippen LogP contribution in [-0.2, 0) is 6.61 Å². The van der Waals surface area contributed by atoms with Crippen molar-refractivity contribution in [3.8, 4) is 5.75 Å². The standard InChI is InChI=1S/C15H12FNO4/c1-10-6-13(16)4-3-12(10)9-21-15-5-2-11(8-18)7-14(15)17(19)20/h2-8H,9H2,1H3. The smallest absolute Gasteiger partial charge is 0.311 e. The SMILES string of the molecule is Cc1cc(F)ccc1COc1ccc(C=O)cc1[N+](=O)[O-]. The molecular weight excluding hydrogens is 277 g/mol. The lowest BCUT2D eigenvalue weighted by Gasteiger charge is -2.09. The molecule has 5 nitrogen and oxygen atoms in total. The van der Waals surface area contributed by atoms with Gasteiger partial charge in [-0.05, 0) is 42.3 Å². The summed E-state index contributed by atoms with van der Waals surface area (Å²) in [6.45, 7) is 1.80. The second kappa shape index (κ2) is 6.13. The van der Waals surface area contributed by atoms with E-state index in [2.05, 4.69) is 0 Å². The van der Waals surface area contributed by atoms with E-state index in [1.54, 1.807) is 13.0 Å². The summed E-state index contributed by atoms with van der Waals surface area (Å²) in [5.74, 6) is -0.285. The average Bonchev–Trinajstić information content (AvgIpc) is 2.46. The highest BCUT2D eigenvalue weighted by Crippen LogP contribution is 2.28. The number of rotatable bonds is 5. The van der Waals surface area contributed by atoms with E-state index in [-0.39, 0.29) is 29.4 Å². The molecule has 0 heterocycles. The monoisotopic (exact) mass is 289 g/mol. The Balaban J connectivity index is 2.23. The third-order valence-corrected chi connectivity index (χ3v) is 3.00. The van der Waals surface area contributed by atoms with Crippen LogP contribution in [0.3, 0.4) is 0 Å². The highest BCUT2D eigenvalue weighted by atomic mass is 19.1. The highest BCUT2D eigenvalue weighted by Gasteiger charge is 2.16. The Kier molecular flexibility index (Phi) is 4.27. The van der Waals surface area contributed by atoms with Gasteiger partial charge in [0.2, 0.25) is 0 Å². The van der Waals surface area contributed by atoms with Gasteiger partial charge in [0.1, 0.15) is 18.7 Å². The van der Waals surface area contributed by atoms with Crippen LogP contribution < -0.4 is 4.74 Å². The molecule has 0 aliphatic carbocycles. The number of carbonyl (C=O) groups excluding carboxylic acids is 1. The Morgan fingerprint density at radius 1 is 1.29 bits per heavy atom. The van der Waals surface area contributed by atoms with E-state index in [4.69, 9.17) is 4.74 Å². The van der Waals surface area contributed by atoms with Gasteiger partial charge >= 0.3 is 5.69 Å². The molecule has 0 saturated heterocycles. The summed E-state index contributed by atoms with van der Waals surface area (Å²) in [6, 6.07) is 8.20. The Bertz CT molecular complexity index is 700. The van der Waals surface area contributed by atoms with Crippen LogP contribution in [0.25, 0.3) is 0 Å². The van der Waals surface area contributed by atoms with E-state index < -0.39 is 4.92 Å². The first-order chi connectivity index (χ1) is 10.0. The third-order valence-electron chi connectivity index (χ3n) is 3.00. The van der Waals surface area contributed by atoms with Gasteiger partial charge in [-0.3, -0.25) is 14.9 Å². The molecule has 21 heavy (non-hydrogen) atoms. The molecule has 0 aliphatic rings. The molecule has 0 aromatic heterocycles. The van der Waals surface area contributed by atoms with Crippen molar-refractivity contribution in [3.63, 3.8) is 0 Å². The van der Waals surface area contributed by atoms with Gasteiger partial charge in [-0.2, -0.15) is 0 Å². The summed E-state index contributed by atoms with van der Waals surface area (Å²) in [6.07, 6.45) is 0.529. The van der Waals surface area contributed by atoms with Crippen LogP contribution in [0.2, 0.25) is 0 Å². The second-order valence-corrected chi connectivity index (χ2v) is 4.46. The molecule has 0 bridgehead atoms. The Morgan fingerprint density at radius 3 is 2.67 bits per heavy atom. The van der Waals surface area contributed by atoms with Gasteiger partial charge in [0.05, 0.1) is 4.92 Å². The van der Waals surface area contributed by atoms with Crippen LogP contribution in [0.15, 0.2) is 36.4 Å². The van der Waals surface area contributed by atoms with E-state index in [0.717, 1.165) is 11.6 Å². The number of halogens is 1. The number of benzene rings is 2. The maximum atomic E-state index is 13.0. The minimum atomic E-state index is -0.611. The van der Waals surface area contributed by atoms with Crippen molar-refractivity contribution in [1.29, 1.82) is 0 Å². The molecule has 2 aromatic rings. The summed E-state index contributed by atoms with van der Waals surface area (Å²) in [5.41, 5.74) is 1.35. The largest absolute Gasteiger partial charge is 0.482 e.